The Kier molecular flexibility index (Phi) is 11.1. The van der Waals surface area contributed by atoms with Crippen LogP contribution in [0.4, 0.5) is 0 Å². The molecule has 30 heavy (non-hydrogen) atoms. The van der Waals surface area contributed by atoms with Gasteiger partial charge in [0, 0.05) is 6.42 Å². The molecule has 0 radical (unpaired) electrons. The van der Waals surface area contributed by atoms with Crippen LogP contribution in [0.5, 0.6) is 0 Å². The van der Waals surface area contributed by atoms with Crippen molar-refractivity contribution in [2.45, 2.75) is 43.8 Å². The number of hydrogen-bond donors (Lipinski definition) is 8. The maximum atomic E-state index is 12.2. The number of carbonyl (C=O) groups is 7. The van der Waals surface area contributed by atoms with E-state index in [0.717, 1.165) is 0 Å². The maximum Gasteiger partial charge on any atom is 0.326 e. The summed E-state index contributed by atoms with van der Waals surface area (Å²) in [7, 11) is 0. The van der Waals surface area contributed by atoms with Crippen molar-refractivity contribution in [1.82, 2.24) is 16.0 Å². The molecule has 0 saturated heterocycles. The first-order chi connectivity index (χ1) is 13.8. The van der Waals surface area contributed by atoms with Crippen molar-refractivity contribution in [3.05, 3.63) is 0 Å². The van der Waals surface area contributed by atoms with Crippen LogP contribution in [0.3, 0.4) is 0 Å². The first-order valence-corrected chi connectivity index (χ1v) is 8.34. The Hall–Kier alpha value is -3.75. The smallest absolute Gasteiger partial charge is 0.326 e. The predicted molar refractivity (Wildman–Crippen MR) is 93.9 cm³/mol. The quantitative estimate of drug-likeness (QED) is 0.131. The zero-order valence-electron chi connectivity index (χ0n) is 15.5. The molecule has 0 rings (SSSR count). The Bertz CT molecular complexity index is 709. The van der Waals surface area contributed by atoms with Gasteiger partial charge in [0.1, 0.15) is 12.1 Å². The molecule has 0 aliphatic carbocycles. The second-order valence-corrected chi connectivity index (χ2v) is 5.97. The number of aliphatic carboxylic acids is 4. The third-order valence-corrected chi connectivity index (χ3v) is 3.45. The van der Waals surface area contributed by atoms with Crippen molar-refractivity contribution in [3.8, 4) is 0 Å². The van der Waals surface area contributed by atoms with Crippen LogP contribution in [0.1, 0.15) is 25.7 Å². The largest absolute Gasteiger partial charge is 0.481 e. The molecule has 0 aliphatic rings. The third-order valence-electron chi connectivity index (χ3n) is 3.45. The number of nitrogens with one attached hydrogen (secondary N) is 3. The lowest BCUT2D eigenvalue weighted by molar-refractivity contribution is -0.144. The molecule has 168 valence electrons. The molecular weight excluding hydrogens is 412 g/mol. The van der Waals surface area contributed by atoms with Gasteiger partial charge in [-0.05, 0) is 6.42 Å². The molecule has 3 unspecified atom stereocenters. The molecule has 0 spiro atoms. The number of nitrogens with two attached hydrogens (primary N) is 1. The molecule has 15 heteroatoms. The van der Waals surface area contributed by atoms with Gasteiger partial charge in [-0.1, -0.05) is 0 Å². The minimum atomic E-state index is -1.73. The summed E-state index contributed by atoms with van der Waals surface area (Å²) in [4.78, 5) is 78.7. The first-order valence-electron chi connectivity index (χ1n) is 8.34. The molecule has 0 fully saturated rings. The van der Waals surface area contributed by atoms with E-state index >= 15 is 0 Å². The molecule has 0 aromatic rings. The number of carbonyl (C=O) groups excluding carboxylic acids is 3. The van der Waals surface area contributed by atoms with E-state index < -0.39 is 92.0 Å². The summed E-state index contributed by atoms with van der Waals surface area (Å²) >= 11 is 0. The standard InChI is InChI=1S/C15H22N4O11/c16-6(3-11(23)24)13(27)17-5-9(20)18-8(4-12(25)26)14(28)19-7(15(29)30)1-2-10(21)22/h6-8H,1-5,16H2,(H,17,27)(H,18,20)(H,19,28)(H,21,22)(H,23,24)(H,25,26)(H,29,30). The van der Waals surface area contributed by atoms with Crippen molar-refractivity contribution < 1.29 is 54.0 Å². The van der Waals surface area contributed by atoms with Crippen LogP contribution in [0, 0.1) is 0 Å². The Morgan fingerprint density at radius 2 is 1.30 bits per heavy atom. The van der Waals surface area contributed by atoms with Crippen molar-refractivity contribution in [3.63, 3.8) is 0 Å². The summed E-state index contributed by atoms with van der Waals surface area (Å²) < 4.78 is 0. The number of carboxylic acids is 4. The summed E-state index contributed by atoms with van der Waals surface area (Å²) in [5.41, 5.74) is 5.29. The molecule has 15 nitrogen and oxygen atoms in total. The molecule has 3 atom stereocenters. The lowest BCUT2D eigenvalue weighted by Crippen LogP contribution is -2.54. The zero-order chi connectivity index (χ0) is 23.4. The van der Waals surface area contributed by atoms with Crippen LogP contribution in [-0.4, -0.2) is 86.7 Å². The van der Waals surface area contributed by atoms with E-state index in [1.54, 1.807) is 0 Å². The minimum absolute atomic E-state index is 0.484. The van der Waals surface area contributed by atoms with E-state index in [4.69, 9.17) is 26.2 Å². The van der Waals surface area contributed by atoms with Crippen molar-refractivity contribution in [1.29, 1.82) is 0 Å². The van der Waals surface area contributed by atoms with Crippen molar-refractivity contribution in [2.75, 3.05) is 6.54 Å². The average Bonchev–Trinajstić information content (AvgIpc) is 2.60. The second kappa shape index (κ2) is 12.7. The van der Waals surface area contributed by atoms with Gasteiger partial charge in [0.15, 0.2) is 0 Å². The van der Waals surface area contributed by atoms with Crippen LogP contribution in [0.25, 0.3) is 0 Å². The van der Waals surface area contributed by atoms with E-state index in [0.29, 0.717) is 0 Å². The van der Waals surface area contributed by atoms with E-state index in [2.05, 4.69) is 0 Å². The van der Waals surface area contributed by atoms with Gasteiger partial charge in [0.2, 0.25) is 17.7 Å². The van der Waals surface area contributed by atoms with E-state index in [1.807, 2.05) is 16.0 Å². The monoisotopic (exact) mass is 434 g/mol. The first kappa shape index (κ1) is 26.2. The van der Waals surface area contributed by atoms with Gasteiger partial charge in [-0.15, -0.1) is 0 Å². The average molecular weight is 434 g/mol. The van der Waals surface area contributed by atoms with E-state index in [-0.39, 0.29) is 0 Å². The maximum absolute atomic E-state index is 12.2. The van der Waals surface area contributed by atoms with Crippen LogP contribution in [-0.2, 0) is 33.6 Å². The Morgan fingerprint density at radius 3 is 1.77 bits per heavy atom. The van der Waals surface area contributed by atoms with Crippen LogP contribution >= 0.6 is 0 Å². The fourth-order valence-corrected chi connectivity index (χ4v) is 2.01. The number of hydrogen-bond acceptors (Lipinski definition) is 8. The topological polar surface area (TPSA) is 263 Å². The summed E-state index contributed by atoms with van der Waals surface area (Å²) in [6, 6.07) is -4.82. The molecule has 0 aromatic heterocycles. The van der Waals surface area contributed by atoms with Gasteiger partial charge >= 0.3 is 23.9 Å². The lowest BCUT2D eigenvalue weighted by Gasteiger charge is -2.20. The Labute approximate surface area is 168 Å². The summed E-state index contributed by atoms with van der Waals surface area (Å²) in [6.45, 7) is -0.767. The number of carboxylic acid groups (broad SMARTS) is 4. The normalized spacial score (nSPS) is 13.2. The Balaban J connectivity index is 4.94. The van der Waals surface area contributed by atoms with Crippen LogP contribution in [0.2, 0.25) is 0 Å². The molecule has 0 heterocycles. The SMILES string of the molecule is NC(CC(=O)O)C(=O)NCC(=O)NC(CC(=O)O)C(=O)NC(CCC(=O)O)C(=O)O. The molecular formula is C15H22N4O11. The van der Waals surface area contributed by atoms with Gasteiger partial charge in [-0.3, -0.25) is 28.8 Å². The van der Waals surface area contributed by atoms with Crippen LogP contribution in [0.15, 0.2) is 0 Å². The van der Waals surface area contributed by atoms with Crippen molar-refractivity contribution in [2.24, 2.45) is 5.73 Å². The highest BCUT2D eigenvalue weighted by molar-refractivity contribution is 5.94. The summed E-state index contributed by atoms with van der Waals surface area (Å²) in [5, 5.41) is 41.0. The third kappa shape index (κ3) is 11.2. The highest BCUT2D eigenvalue weighted by Gasteiger charge is 2.29. The predicted octanol–water partition coefficient (Wildman–Crippen LogP) is -3.70. The molecule has 0 bridgehead atoms. The highest BCUT2D eigenvalue weighted by Crippen LogP contribution is 2.01. The molecule has 0 aromatic carbocycles. The molecule has 0 aliphatic heterocycles. The van der Waals surface area contributed by atoms with Gasteiger partial charge in [0.05, 0.1) is 25.4 Å². The number of rotatable bonds is 14. The zero-order valence-corrected chi connectivity index (χ0v) is 15.5. The van der Waals surface area contributed by atoms with Gasteiger partial charge in [-0.2, -0.15) is 0 Å². The fraction of sp³-hybridized carbons (Fsp3) is 0.533. The number of amides is 3. The van der Waals surface area contributed by atoms with E-state index in [1.165, 1.54) is 0 Å². The van der Waals surface area contributed by atoms with Gasteiger partial charge in [-0.25, -0.2) is 4.79 Å². The lowest BCUT2D eigenvalue weighted by atomic mass is 10.1. The molecule has 3 amide bonds. The minimum Gasteiger partial charge on any atom is -0.481 e. The fourth-order valence-electron chi connectivity index (χ4n) is 2.01. The van der Waals surface area contributed by atoms with Gasteiger partial charge in [0.25, 0.3) is 0 Å². The van der Waals surface area contributed by atoms with Crippen LogP contribution < -0.4 is 21.7 Å². The Morgan fingerprint density at radius 1 is 0.733 bits per heavy atom. The van der Waals surface area contributed by atoms with Gasteiger partial charge < -0.3 is 42.1 Å². The second-order valence-electron chi connectivity index (χ2n) is 5.97. The van der Waals surface area contributed by atoms with E-state index in [9.17, 15) is 33.6 Å². The molecule has 9 N–H and O–H groups in total. The highest BCUT2D eigenvalue weighted by atomic mass is 16.4. The summed E-state index contributed by atoms with van der Waals surface area (Å²) in [6.07, 6.45) is -2.71. The molecule has 0 saturated carbocycles. The summed E-state index contributed by atoms with van der Waals surface area (Å²) in [5.74, 6) is -8.96. The van der Waals surface area contributed by atoms with Crippen molar-refractivity contribution >= 4 is 41.6 Å².